The van der Waals surface area contributed by atoms with Gasteiger partial charge < -0.3 is 25.0 Å². The summed E-state index contributed by atoms with van der Waals surface area (Å²) >= 11 is 0. The number of rotatable bonds is 9. The molecular formula is C35H43F2N9O4S. The van der Waals surface area contributed by atoms with Crippen LogP contribution in [0.4, 0.5) is 26.1 Å². The van der Waals surface area contributed by atoms with Crippen molar-refractivity contribution in [2.45, 2.75) is 76.8 Å². The SMILES string of the molecule is CCc1c(F)ccc2cc(O)cc(N3CCc4c(nc(OC[C@@]56CCCN5C[C@H](F)C6)nc4N4CCCn5nc(NCS(N)(=O)=O)cc5C4)C3)c12. The van der Waals surface area contributed by atoms with Gasteiger partial charge in [-0.3, -0.25) is 9.58 Å². The van der Waals surface area contributed by atoms with E-state index in [1.54, 1.807) is 18.2 Å². The molecule has 4 aromatic rings. The molecule has 2 atom stereocenters. The number of benzene rings is 2. The second kappa shape index (κ2) is 13.0. The van der Waals surface area contributed by atoms with Gasteiger partial charge >= 0.3 is 6.01 Å². The third kappa shape index (κ3) is 6.53. The van der Waals surface area contributed by atoms with Crippen LogP contribution in [0.3, 0.4) is 0 Å². The van der Waals surface area contributed by atoms with Crippen LogP contribution < -0.4 is 25.0 Å². The Kier molecular flexibility index (Phi) is 8.66. The number of nitrogens with two attached hydrogens (primary N) is 1. The van der Waals surface area contributed by atoms with Crippen LogP contribution in [0.15, 0.2) is 30.3 Å². The van der Waals surface area contributed by atoms with Crippen LogP contribution in [-0.4, -0.2) is 88.5 Å². The number of alkyl halides is 1. The minimum atomic E-state index is -3.73. The van der Waals surface area contributed by atoms with Crippen molar-refractivity contribution in [3.63, 3.8) is 0 Å². The number of phenols is 1. The molecule has 0 spiro atoms. The first kappa shape index (κ1) is 33.8. The van der Waals surface area contributed by atoms with Gasteiger partial charge in [-0.25, -0.2) is 22.3 Å². The number of sulfonamides is 1. The highest BCUT2D eigenvalue weighted by molar-refractivity contribution is 7.89. The molecule has 0 bridgehead atoms. The molecule has 2 aromatic heterocycles. The van der Waals surface area contributed by atoms with Crippen molar-refractivity contribution in [1.29, 1.82) is 0 Å². The Bertz CT molecular complexity index is 2100. The number of hydrogen-bond acceptors (Lipinski definition) is 11. The lowest BCUT2D eigenvalue weighted by atomic mass is 9.95. The molecule has 4 aliphatic heterocycles. The third-order valence-electron chi connectivity index (χ3n) is 10.8. The minimum absolute atomic E-state index is 0.103. The first-order valence-corrected chi connectivity index (χ1v) is 19.4. The molecule has 0 unspecified atom stereocenters. The fraction of sp³-hybridized carbons (Fsp3) is 0.514. The second-order valence-electron chi connectivity index (χ2n) is 14.2. The lowest BCUT2D eigenvalue weighted by Crippen LogP contribution is -2.43. The molecule has 6 heterocycles. The maximum absolute atomic E-state index is 15.1. The van der Waals surface area contributed by atoms with Crippen LogP contribution in [0.5, 0.6) is 11.8 Å². The van der Waals surface area contributed by atoms with E-state index in [-0.39, 0.29) is 29.7 Å². The van der Waals surface area contributed by atoms with Crippen molar-refractivity contribution < 1.29 is 27.0 Å². The van der Waals surface area contributed by atoms with Crippen LogP contribution >= 0.6 is 0 Å². The van der Waals surface area contributed by atoms with Crippen LogP contribution in [0, 0.1) is 5.82 Å². The van der Waals surface area contributed by atoms with Gasteiger partial charge in [0.15, 0.2) is 0 Å². The maximum atomic E-state index is 15.1. The zero-order valence-corrected chi connectivity index (χ0v) is 29.4. The second-order valence-corrected chi connectivity index (χ2v) is 15.9. The molecule has 16 heteroatoms. The van der Waals surface area contributed by atoms with E-state index in [4.69, 9.17) is 19.8 Å². The molecule has 0 saturated carbocycles. The predicted octanol–water partition coefficient (Wildman–Crippen LogP) is 3.82. The van der Waals surface area contributed by atoms with Gasteiger partial charge in [-0.05, 0) is 61.7 Å². The van der Waals surface area contributed by atoms with E-state index < -0.39 is 22.1 Å². The van der Waals surface area contributed by atoms with Crippen LogP contribution in [0.1, 0.15) is 55.1 Å². The molecule has 0 radical (unpaired) electrons. The van der Waals surface area contributed by atoms with Gasteiger partial charge in [-0.1, -0.05) is 13.0 Å². The van der Waals surface area contributed by atoms with Crippen LogP contribution in [0.25, 0.3) is 10.8 Å². The topological polar surface area (TPSA) is 155 Å². The van der Waals surface area contributed by atoms with Crippen LogP contribution in [0.2, 0.25) is 0 Å². The highest BCUT2D eigenvalue weighted by Crippen LogP contribution is 2.42. The summed E-state index contributed by atoms with van der Waals surface area (Å²) in [4.78, 5) is 16.5. The summed E-state index contributed by atoms with van der Waals surface area (Å²) in [6.45, 7) is 6.25. The first-order valence-electron chi connectivity index (χ1n) is 17.7. The highest BCUT2D eigenvalue weighted by atomic mass is 32.2. The summed E-state index contributed by atoms with van der Waals surface area (Å²) in [6.07, 6.45) is 3.25. The Morgan fingerprint density at radius 3 is 2.78 bits per heavy atom. The van der Waals surface area contributed by atoms with Gasteiger partial charge in [0.25, 0.3) is 0 Å². The van der Waals surface area contributed by atoms with Gasteiger partial charge in [-0.2, -0.15) is 15.1 Å². The monoisotopic (exact) mass is 723 g/mol. The van der Waals surface area contributed by atoms with Gasteiger partial charge in [0, 0.05) is 61.4 Å². The van der Waals surface area contributed by atoms with Crippen molar-refractivity contribution in [3.05, 3.63) is 58.7 Å². The average molecular weight is 724 g/mol. The molecule has 0 amide bonds. The van der Waals surface area contributed by atoms with Crippen molar-refractivity contribution in [3.8, 4) is 11.8 Å². The number of halogens is 2. The number of ether oxygens (including phenoxy) is 1. The summed E-state index contributed by atoms with van der Waals surface area (Å²) < 4.78 is 61.1. The summed E-state index contributed by atoms with van der Waals surface area (Å²) in [5.41, 5.74) is 3.61. The predicted molar refractivity (Wildman–Crippen MR) is 190 cm³/mol. The van der Waals surface area contributed by atoms with E-state index in [1.165, 1.54) is 6.07 Å². The molecule has 4 N–H and O–H groups in total. The molecule has 4 aliphatic rings. The van der Waals surface area contributed by atoms with Crippen molar-refractivity contribution in [2.75, 3.05) is 53.8 Å². The number of anilines is 3. The number of fused-ring (bicyclic) bond motifs is 4. The first-order chi connectivity index (χ1) is 24.5. The number of phenolic OH excluding ortho intramolecular Hbond substituents is 1. The van der Waals surface area contributed by atoms with E-state index in [0.29, 0.717) is 69.9 Å². The Hall–Kier alpha value is -4.28. The van der Waals surface area contributed by atoms with Crippen molar-refractivity contribution >= 4 is 38.1 Å². The Labute approximate surface area is 295 Å². The number of primary sulfonamides is 1. The molecule has 2 aromatic carbocycles. The Balaban J connectivity index is 1.15. The molecule has 0 aliphatic carbocycles. The quantitative estimate of drug-likeness (QED) is 0.231. The van der Waals surface area contributed by atoms with Crippen molar-refractivity contribution in [2.24, 2.45) is 5.14 Å². The van der Waals surface area contributed by atoms with E-state index in [1.807, 2.05) is 17.7 Å². The standard InChI is InChI=1S/C35H43F2N9O4S/c1-2-26-28(37)6-5-22-13-25(47)15-30(32(22)26)43-12-7-27-29(19-43)40-34(50-20-35-8-3-10-45(35)17-23(36)16-35)41-33(27)44-9-4-11-46-24(18-44)14-31(42-46)39-21-51(38,48)49/h5-6,13-15,23,47H,2-4,7-12,16-21H2,1H3,(H,39,42)(H2,38,48,49)/t23-,35+/m1/s1. The molecular weight excluding hydrogens is 681 g/mol. The summed E-state index contributed by atoms with van der Waals surface area (Å²) in [6, 6.07) is 8.57. The van der Waals surface area contributed by atoms with Gasteiger partial charge in [-0.15, -0.1) is 0 Å². The van der Waals surface area contributed by atoms with E-state index >= 15 is 4.39 Å². The van der Waals surface area contributed by atoms with E-state index in [0.717, 1.165) is 65.0 Å². The van der Waals surface area contributed by atoms with Gasteiger partial charge in [0.05, 0.1) is 30.0 Å². The lowest BCUT2D eigenvalue weighted by molar-refractivity contribution is 0.107. The normalized spacial score (nSPS) is 22.2. The highest BCUT2D eigenvalue weighted by Gasteiger charge is 2.49. The number of nitrogens with zero attached hydrogens (tertiary/aromatic N) is 7. The number of hydrogen-bond donors (Lipinski definition) is 3. The third-order valence-corrected chi connectivity index (χ3v) is 11.4. The zero-order valence-electron chi connectivity index (χ0n) is 28.6. The fourth-order valence-corrected chi connectivity index (χ4v) is 8.89. The van der Waals surface area contributed by atoms with Gasteiger partial charge in [0.1, 0.15) is 41.9 Å². The maximum Gasteiger partial charge on any atom is 0.318 e. The zero-order chi connectivity index (χ0) is 35.5. The van der Waals surface area contributed by atoms with Crippen molar-refractivity contribution in [1.82, 2.24) is 24.6 Å². The van der Waals surface area contributed by atoms with E-state index in [9.17, 15) is 17.9 Å². The largest absolute Gasteiger partial charge is 0.508 e. The number of aromatic hydroxyl groups is 1. The summed E-state index contributed by atoms with van der Waals surface area (Å²) in [7, 11) is -3.73. The van der Waals surface area contributed by atoms with E-state index in [2.05, 4.69) is 25.1 Å². The number of aromatic nitrogens is 4. The molecule has 8 rings (SSSR count). The molecule has 2 fully saturated rings. The summed E-state index contributed by atoms with van der Waals surface area (Å²) in [5, 5.41) is 24.8. The average Bonchev–Trinajstić information content (AvgIpc) is 3.71. The number of aryl methyl sites for hydroxylation is 2. The van der Waals surface area contributed by atoms with Gasteiger partial charge in [0.2, 0.25) is 10.0 Å². The smallest absolute Gasteiger partial charge is 0.318 e. The lowest BCUT2D eigenvalue weighted by Gasteiger charge is -2.35. The fourth-order valence-electron chi connectivity index (χ4n) is 8.54. The molecule has 2 saturated heterocycles. The van der Waals surface area contributed by atoms with Crippen LogP contribution in [-0.2, 0) is 42.5 Å². The Morgan fingerprint density at radius 1 is 1.10 bits per heavy atom. The minimum Gasteiger partial charge on any atom is -0.508 e. The molecule has 13 nitrogen and oxygen atoms in total. The Morgan fingerprint density at radius 2 is 1.96 bits per heavy atom. The molecule has 51 heavy (non-hydrogen) atoms. The summed E-state index contributed by atoms with van der Waals surface area (Å²) in [5.74, 6) is 0.578. The number of nitrogens with one attached hydrogen (secondary N) is 1. The molecule has 272 valence electrons.